The number of benzene rings is 1. The van der Waals surface area contributed by atoms with E-state index in [9.17, 15) is 5.11 Å². The van der Waals surface area contributed by atoms with Gasteiger partial charge in [0.05, 0.1) is 0 Å². The van der Waals surface area contributed by atoms with Gasteiger partial charge >= 0.3 is 0 Å². The van der Waals surface area contributed by atoms with Crippen molar-refractivity contribution in [3.63, 3.8) is 0 Å². The van der Waals surface area contributed by atoms with Crippen LogP contribution in [-0.4, -0.2) is 5.11 Å². The van der Waals surface area contributed by atoms with Gasteiger partial charge in [-0.25, -0.2) is 0 Å². The quantitative estimate of drug-likeness (QED) is 0.749. The lowest BCUT2D eigenvalue weighted by Gasteiger charge is -2.27. The van der Waals surface area contributed by atoms with Crippen molar-refractivity contribution < 1.29 is 5.11 Å². The maximum atomic E-state index is 10.0. The highest BCUT2D eigenvalue weighted by Crippen LogP contribution is 2.36. The second kappa shape index (κ2) is 4.12. The normalized spacial score (nSPS) is 12.9. The lowest BCUT2D eigenvalue weighted by atomic mass is 9.78. The van der Waals surface area contributed by atoms with Crippen molar-refractivity contribution in [2.75, 3.05) is 0 Å². The van der Waals surface area contributed by atoms with Crippen LogP contribution in [0.1, 0.15) is 52.7 Å². The van der Waals surface area contributed by atoms with E-state index in [0.717, 1.165) is 12.0 Å². The maximum absolute atomic E-state index is 10.0. The topological polar surface area (TPSA) is 20.2 Å². The van der Waals surface area contributed by atoms with Crippen LogP contribution in [0.25, 0.3) is 0 Å². The van der Waals surface area contributed by atoms with Gasteiger partial charge in [0.25, 0.3) is 0 Å². The van der Waals surface area contributed by atoms with Gasteiger partial charge in [-0.1, -0.05) is 53.7 Å². The number of phenolic OH excluding ortho intramolecular Hbond substituents is 1. The van der Waals surface area contributed by atoms with Crippen LogP contribution in [0.3, 0.4) is 0 Å². The predicted molar refractivity (Wildman–Crippen MR) is 70.0 cm³/mol. The Morgan fingerprint density at radius 2 is 1.56 bits per heavy atom. The lowest BCUT2D eigenvalue weighted by molar-refractivity contribution is 0.398. The number of rotatable bonds is 1. The van der Waals surface area contributed by atoms with Gasteiger partial charge in [0, 0.05) is 5.56 Å². The third kappa shape index (κ3) is 3.26. The Labute approximate surface area is 99.5 Å². The molecule has 0 radical (unpaired) electrons. The molecule has 0 aliphatic carbocycles. The highest BCUT2D eigenvalue weighted by Gasteiger charge is 2.24. The summed E-state index contributed by atoms with van der Waals surface area (Å²) in [5.74, 6) is 0.425. The van der Waals surface area contributed by atoms with Gasteiger partial charge in [0.2, 0.25) is 0 Å². The molecule has 0 atom stereocenters. The van der Waals surface area contributed by atoms with E-state index in [4.69, 9.17) is 0 Å². The van der Waals surface area contributed by atoms with Crippen LogP contribution in [0, 0.1) is 5.41 Å². The fraction of sp³-hybridized carbons (Fsp3) is 0.600. The number of aromatic hydroxyl groups is 1. The average Bonchev–Trinajstić information content (AvgIpc) is 1.97. The first-order valence-corrected chi connectivity index (χ1v) is 5.92. The van der Waals surface area contributed by atoms with Crippen LogP contribution in [0.5, 0.6) is 5.75 Å². The number of hydrogen-bond acceptors (Lipinski definition) is 1. The molecule has 90 valence electrons. The maximum Gasteiger partial charge on any atom is 0.119 e. The van der Waals surface area contributed by atoms with E-state index in [1.165, 1.54) is 5.56 Å². The Hall–Kier alpha value is -0.980. The number of hydrogen-bond donors (Lipinski definition) is 1. The van der Waals surface area contributed by atoms with Gasteiger partial charge in [0.15, 0.2) is 0 Å². The van der Waals surface area contributed by atoms with Crippen molar-refractivity contribution in [1.29, 1.82) is 0 Å². The molecule has 0 heterocycles. The van der Waals surface area contributed by atoms with E-state index >= 15 is 0 Å². The summed E-state index contributed by atoms with van der Waals surface area (Å²) >= 11 is 0. The molecule has 0 bridgehead atoms. The molecule has 0 aliphatic heterocycles. The predicted octanol–water partition coefficient (Wildman–Crippen LogP) is 4.28. The van der Waals surface area contributed by atoms with Crippen molar-refractivity contribution in [1.82, 2.24) is 0 Å². The highest BCUT2D eigenvalue weighted by molar-refractivity contribution is 5.44. The monoisotopic (exact) mass is 220 g/mol. The van der Waals surface area contributed by atoms with Gasteiger partial charge in [-0.3, -0.25) is 0 Å². The summed E-state index contributed by atoms with van der Waals surface area (Å²) in [6.45, 7) is 13.1. The molecule has 1 aromatic carbocycles. The molecule has 0 amide bonds. The van der Waals surface area contributed by atoms with Crippen LogP contribution in [0.2, 0.25) is 0 Å². The molecule has 0 aromatic heterocycles. The Morgan fingerprint density at radius 3 is 2.00 bits per heavy atom. The van der Waals surface area contributed by atoms with Gasteiger partial charge in [0.1, 0.15) is 5.75 Å². The summed E-state index contributed by atoms with van der Waals surface area (Å²) in [5, 5.41) is 10.0. The molecule has 0 spiro atoms. The largest absolute Gasteiger partial charge is 0.508 e. The lowest BCUT2D eigenvalue weighted by Crippen LogP contribution is -2.18. The van der Waals surface area contributed by atoms with Crippen molar-refractivity contribution >= 4 is 0 Å². The van der Waals surface area contributed by atoms with Crippen molar-refractivity contribution in [2.45, 2.75) is 53.4 Å². The molecule has 1 heteroatoms. The van der Waals surface area contributed by atoms with Crippen LogP contribution in [-0.2, 0) is 11.8 Å². The molecule has 0 saturated carbocycles. The molecule has 1 aromatic rings. The Balaban J connectivity index is 3.24. The van der Waals surface area contributed by atoms with E-state index in [1.54, 1.807) is 6.07 Å². The van der Waals surface area contributed by atoms with E-state index < -0.39 is 0 Å². The van der Waals surface area contributed by atoms with Gasteiger partial charge in [-0.05, 0) is 28.9 Å². The average molecular weight is 220 g/mol. The SMILES string of the molecule is CC(C)(C)Cc1cccc(O)c1C(C)(C)C. The second-order valence-corrected chi connectivity index (χ2v) is 6.80. The Morgan fingerprint density at radius 1 is 1.00 bits per heavy atom. The summed E-state index contributed by atoms with van der Waals surface area (Å²) in [6.07, 6.45) is 0.994. The first-order chi connectivity index (χ1) is 7.11. The smallest absolute Gasteiger partial charge is 0.119 e. The summed E-state index contributed by atoms with van der Waals surface area (Å²) in [6, 6.07) is 5.85. The van der Waals surface area contributed by atoms with Gasteiger partial charge < -0.3 is 5.11 Å². The van der Waals surface area contributed by atoms with E-state index in [-0.39, 0.29) is 10.8 Å². The summed E-state index contributed by atoms with van der Waals surface area (Å²) in [4.78, 5) is 0. The van der Waals surface area contributed by atoms with Crippen molar-refractivity contribution in [3.05, 3.63) is 29.3 Å². The van der Waals surface area contributed by atoms with E-state index in [0.29, 0.717) is 5.75 Å². The Kier molecular flexibility index (Phi) is 3.37. The first kappa shape index (κ1) is 13.1. The van der Waals surface area contributed by atoms with Crippen LogP contribution < -0.4 is 0 Å². The van der Waals surface area contributed by atoms with Crippen LogP contribution in [0.4, 0.5) is 0 Å². The minimum absolute atomic E-state index is 0.00801. The van der Waals surface area contributed by atoms with E-state index in [1.807, 2.05) is 6.07 Å². The summed E-state index contributed by atoms with van der Waals surface area (Å²) < 4.78 is 0. The minimum Gasteiger partial charge on any atom is -0.508 e. The van der Waals surface area contributed by atoms with Crippen molar-refractivity contribution in [3.8, 4) is 5.75 Å². The minimum atomic E-state index is -0.00801. The molecule has 0 aliphatic rings. The molecule has 0 fully saturated rings. The zero-order valence-corrected chi connectivity index (χ0v) is 11.4. The summed E-state index contributed by atoms with van der Waals surface area (Å²) in [5.41, 5.74) is 2.59. The third-order valence-electron chi connectivity index (χ3n) is 2.60. The zero-order valence-electron chi connectivity index (χ0n) is 11.4. The fourth-order valence-electron chi connectivity index (χ4n) is 2.17. The molecular weight excluding hydrogens is 196 g/mol. The molecule has 0 unspecified atom stereocenters. The van der Waals surface area contributed by atoms with Crippen LogP contribution in [0.15, 0.2) is 18.2 Å². The molecule has 1 N–H and O–H groups in total. The number of phenols is 1. The van der Waals surface area contributed by atoms with E-state index in [2.05, 4.69) is 47.6 Å². The standard InChI is InChI=1S/C15H24O/c1-14(2,3)10-11-8-7-9-12(16)13(11)15(4,5)6/h7-9,16H,10H2,1-6H3. The Bertz CT molecular complexity index is 364. The first-order valence-electron chi connectivity index (χ1n) is 5.92. The van der Waals surface area contributed by atoms with Crippen molar-refractivity contribution in [2.24, 2.45) is 5.41 Å². The van der Waals surface area contributed by atoms with Gasteiger partial charge in [-0.2, -0.15) is 0 Å². The molecule has 0 saturated heterocycles. The third-order valence-corrected chi connectivity index (χ3v) is 2.60. The zero-order chi connectivity index (χ0) is 12.6. The molecular formula is C15H24O. The van der Waals surface area contributed by atoms with Crippen LogP contribution >= 0.6 is 0 Å². The second-order valence-electron chi connectivity index (χ2n) is 6.80. The molecule has 16 heavy (non-hydrogen) atoms. The fourth-order valence-corrected chi connectivity index (χ4v) is 2.17. The molecule has 1 rings (SSSR count). The highest BCUT2D eigenvalue weighted by atomic mass is 16.3. The summed E-state index contributed by atoms with van der Waals surface area (Å²) in [7, 11) is 0. The van der Waals surface area contributed by atoms with Gasteiger partial charge in [-0.15, -0.1) is 0 Å². The molecule has 1 nitrogen and oxygen atoms in total.